The zero-order chi connectivity index (χ0) is 21.8. The van der Waals surface area contributed by atoms with Gasteiger partial charge >= 0.3 is 0 Å². The highest BCUT2D eigenvalue weighted by Crippen LogP contribution is 2.34. The maximum atomic E-state index is 13.1. The molecule has 31 heavy (non-hydrogen) atoms. The molecule has 2 aliphatic heterocycles. The summed E-state index contributed by atoms with van der Waals surface area (Å²) in [5.74, 6) is 0.495. The number of ether oxygens (including phenoxy) is 1. The number of carbonyl (C=O) groups excluding carboxylic acids is 2. The Balaban J connectivity index is 1.37. The number of piperazine rings is 1. The summed E-state index contributed by atoms with van der Waals surface area (Å²) < 4.78 is 5.20. The molecule has 170 valence electrons. The fourth-order valence-corrected chi connectivity index (χ4v) is 5.39. The van der Waals surface area contributed by atoms with Crippen LogP contribution < -0.4 is 15.0 Å². The van der Waals surface area contributed by atoms with Gasteiger partial charge in [0.1, 0.15) is 5.75 Å². The van der Waals surface area contributed by atoms with Crippen LogP contribution in [0.2, 0.25) is 0 Å². The maximum Gasteiger partial charge on any atom is 0.227 e. The number of nitrogens with one attached hydrogen (secondary N) is 1. The van der Waals surface area contributed by atoms with Crippen molar-refractivity contribution < 1.29 is 14.3 Å². The number of hydrogen-bond donors (Lipinski definition) is 1. The van der Waals surface area contributed by atoms with Crippen molar-refractivity contribution in [2.45, 2.75) is 44.1 Å². The molecule has 0 aromatic heterocycles. The fourth-order valence-electron chi connectivity index (χ4n) is 5.39. The monoisotopic (exact) mass is 428 g/mol. The van der Waals surface area contributed by atoms with E-state index in [1.54, 1.807) is 12.0 Å². The predicted octanol–water partition coefficient (Wildman–Crippen LogP) is 2.11. The molecule has 0 spiro atoms. The van der Waals surface area contributed by atoms with Crippen molar-refractivity contribution in [1.29, 1.82) is 0 Å². The van der Waals surface area contributed by atoms with Crippen molar-refractivity contribution >= 4 is 17.5 Å². The van der Waals surface area contributed by atoms with Gasteiger partial charge in [-0.25, -0.2) is 0 Å². The Labute approximate surface area is 185 Å². The lowest BCUT2D eigenvalue weighted by molar-refractivity contribution is -0.127. The molecule has 1 N–H and O–H groups in total. The predicted molar refractivity (Wildman–Crippen MR) is 121 cm³/mol. The van der Waals surface area contributed by atoms with Gasteiger partial charge in [-0.1, -0.05) is 19.3 Å². The zero-order valence-electron chi connectivity index (χ0n) is 18.9. The van der Waals surface area contributed by atoms with E-state index in [0.29, 0.717) is 13.1 Å². The molecule has 7 nitrogen and oxygen atoms in total. The third-order valence-corrected chi connectivity index (χ3v) is 7.43. The van der Waals surface area contributed by atoms with Gasteiger partial charge in [0.15, 0.2) is 0 Å². The maximum absolute atomic E-state index is 13.1. The third kappa shape index (κ3) is 4.88. The number of likely N-dealkylation sites (N-methyl/N-ethyl adjacent to an activating group) is 1. The Kier molecular flexibility index (Phi) is 6.82. The number of anilines is 1. The first-order valence-electron chi connectivity index (χ1n) is 11.7. The number of benzene rings is 1. The van der Waals surface area contributed by atoms with E-state index in [0.717, 1.165) is 50.5 Å². The molecule has 7 heteroatoms. The molecule has 1 aromatic rings. The molecule has 3 fully saturated rings. The molecular weight excluding hydrogens is 392 g/mol. The first-order valence-corrected chi connectivity index (χ1v) is 11.7. The summed E-state index contributed by atoms with van der Waals surface area (Å²) in [5.41, 5.74) is 0.898. The van der Waals surface area contributed by atoms with Crippen molar-refractivity contribution in [3.63, 3.8) is 0 Å². The Hall–Kier alpha value is -2.12. The first kappa shape index (κ1) is 22.1. The Morgan fingerprint density at radius 2 is 1.77 bits per heavy atom. The average molecular weight is 429 g/mol. The van der Waals surface area contributed by atoms with Crippen LogP contribution in [0, 0.1) is 5.92 Å². The summed E-state index contributed by atoms with van der Waals surface area (Å²) in [6.07, 6.45) is 6.33. The summed E-state index contributed by atoms with van der Waals surface area (Å²) in [5, 5.41) is 3.26. The smallest absolute Gasteiger partial charge is 0.227 e. The van der Waals surface area contributed by atoms with E-state index >= 15 is 0 Å². The van der Waals surface area contributed by atoms with E-state index in [9.17, 15) is 9.59 Å². The summed E-state index contributed by atoms with van der Waals surface area (Å²) >= 11 is 0. The minimum Gasteiger partial charge on any atom is -0.497 e. The average Bonchev–Trinajstić information content (AvgIpc) is 3.20. The zero-order valence-corrected chi connectivity index (χ0v) is 18.9. The standard InChI is InChI=1S/C24H36N4O3/c1-26-12-14-27(15-13-26)24(10-4-3-5-11-24)18-25-23(30)19-16-22(29)28(17-19)20-6-8-21(31-2)9-7-20/h6-9,19H,3-5,10-18H2,1-2H3,(H,25,30)/t19-/m1/s1. The van der Waals surface area contributed by atoms with Gasteiger partial charge in [0.2, 0.25) is 11.8 Å². The third-order valence-electron chi connectivity index (χ3n) is 7.43. The molecule has 1 atom stereocenters. The summed E-state index contributed by atoms with van der Waals surface area (Å²) in [6, 6.07) is 7.45. The van der Waals surface area contributed by atoms with Crippen molar-refractivity contribution in [3.05, 3.63) is 24.3 Å². The molecular formula is C24H36N4O3. The van der Waals surface area contributed by atoms with E-state index in [-0.39, 0.29) is 29.7 Å². The van der Waals surface area contributed by atoms with Gasteiger partial charge in [0.25, 0.3) is 0 Å². The normalized spacial score (nSPS) is 24.9. The molecule has 4 rings (SSSR count). The van der Waals surface area contributed by atoms with E-state index in [1.165, 1.54) is 19.3 Å². The van der Waals surface area contributed by atoms with Gasteiger partial charge in [0.05, 0.1) is 13.0 Å². The largest absolute Gasteiger partial charge is 0.497 e. The molecule has 3 aliphatic rings. The van der Waals surface area contributed by atoms with Gasteiger partial charge in [-0.05, 0) is 44.2 Å². The van der Waals surface area contributed by atoms with Crippen molar-refractivity contribution in [1.82, 2.24) is 15.1 Å². The molecule has 1 aliphatic carbocycles. The second-order valence-electron chi connectivity index (χ2n) is 9.40. The first-order chi connectivity index (χ1) is 15.0. The van der Waals surface area contributed by atoms with Gasteiger partial charge in [-0.3, -0.25) is 14.5 Å². The summed E-state index contributed by atoms with van der Waals surface area (Å²) in [7, 11) is 3.80. The minimum atomic E-state index is -0.289. The second kappa shape index (κ2) is 9.57. The number of nitrogens with zero attached hydrogens (tertiary/aromatic N) is 3. The van der Waals surface area contributed by atoms with E-state index < -0.39 is 0 Å². The second-order valence-corrected chi connectivity index (χ2v) is 9.40. The Morgan fingerprint density at radius 1 is 1.10 bits per heavy atom. The van der Waals surface area contributed by atoms with Crippen LogP contribution in [0.4, 0.5) is 5.69 Å². The van der Waals surface area contributed by atoms with Gasteiger partial charge < -0.3 is 19.9 Å². The van der Waals surface area contributed by atoms with E-state index in [4.69, 9.17) is 4.74 Å². The van der Waals surface area contributed by atoms with Gasteiger partial charge in [-0.2, -0.15) is 0 Å². The van der Waals surface area contributed by atoms with Crippen LogP contribution in [0.15, 0.2) is 24.3 Å². The molecule has 0 unspecified atom stereocenters. The van der Waals surface area contributed by atoms with Crippen LogP contribution in [-0.2, 0) is 9.59 Å². The van der Waals surface area contributed by atoms with Crippen LogP contribution in [-0.4, -0.2) is 80.6 Å². The lowest BCUT2D eigenvalue weighted by Crippen LogP contribution is -2.61. The molecule has 2 amide bonds. The van der Waals surface area contributed by atoms with Crippen LogP contribution in [0.1, 0.15) is 38.5 Å². The quantitative estimate of drug-likeness (QED) is 0.752. The minimum absolute atomic E-state index is 0.0109. The SMILES string of the molecule is COc1ccc(N2C[C@H](C(=O)NCC3(N4CCN(C)CC4)CCCCC3)CC2=O)cc1. The van der Waals surface area contributed by atoms with Crippen LogP contribution in [0.5, 0.6) is 5.75 Å². The topological polar surface area (TPSA) is 65.1 Å². The van der Waals surface area contributed by atoms with Gasteiger partial charge in [0, 0.05) is 56.9 Å². The van der Waals surface area contributed by atoms with Crippen molar-refractivity contribution in [2.24, 2.45) is 5.92 Å². The number of carbonyl (C=O) groups is 2. The van der Waals surface area contributed by atoms with E-state index in [1.807, 2.05) is 24.3 Å². The van der Waals surface area contributed by atoms with Gasteiger partial charge in [-0.15, -0.1) is 0 Å². The van der Waals surface area contributed by atoms with E-state index in [2.05, 4.69) is 22.2 Å². The molecule has 2 saturated heterocycles. The Bertz CT molecular complexity index is 768. The Morgan fingerprint density at radius 3 is 2.42 bits per heavy atom. The highest BCUT2D eigenvalue weighted by atomic mass is 16.5. The van der Waals surface area contributed by atoms with Crippen LogP contribution in [0.3, 0.4) is 0 Å². The number of methoxy groups -OCH3 is 1. The molecule has 1 saturated carbocycles. The summed E-state index contributed by atoms with van der Waals surface area (Å²) in [4.78, 5) is 32.4. The lowest BCUT2D eigenvalue weighted by atomic mass is 9.79. The van der Waals surface area contributed by atoms with Crippen molar-refractivity contribution in [2.75, 3.05) is 58.3 Å². The summed E-state index contributed by atoms with van der Waals surface area (Å²) in [6.45, 7) is 5.45. The fraction of sp³-hybridized carbons (Fsp3) is 0.667. The number of hydrogen-bond acceptors (Lipinski definition) is 5. The molecule has 0 radical (unpaired) electrons. The van der Waals surface area contributed by atoms with Crippen molar-refractivity contribution in [3.8, 4) is 5.75 Å². The molecule has 2 heterocycles. The van der Waals surface area contributed by atoms with Crippen LogP contribution >= 0.6 is 0 Å². The highest BCUT2D eigenvalue weighted by Gasteiger charge is 2.41. The van der Waals surface area contributed by atoms with Crippen LogP contribution in [0.25, 0.3) is 0 Å². The highest BCUT2D eigenvalue weighted by molar-refractivity contribution is 6.00. The molecule has 0 bridgehead atoms. The number of amides is 2. The number of rotatable bonds is 6. The molecule has 1 aromatic carbocycles. The lowest BCUT2D eigenvalue weighted by Gasteiger charge is -2.49.